The van der Waals surface area contributed by atoms with Crippen molar-refractivity contribution in [1.29, 1.82) is 0 Å². The number of aromatic hydroxyl groups is 1. The standard InChI is InChI=1S/C11H7BrN4OS/c12-6-2-7-5(3-13-9(7)14-4-6)1-8-10(17)16-11(18)15-8/h1-4,17H,(H2,15,16,18)/b5-1+. The van der Waals surface area contributed by atoms with Crippen LogP contribution in [0.4, 0.5) is 5.82 Å². The molecule has 0 spiro atoms. The summed E-state index contributed by atoms with van der Waals surface area (Å²) >= 11 is 8.28. The molecule has 0 saturated carbocycles. The van der Waals surface area contributed by atoms with Crippen LogP contribution in [0, 0.1) is 4.77 Å². The van der Waals surface area contributed by atoms with E-state index in [2.05, 4.69) is 35.9 Å². The second-order valence-corrected chi connectivity index (χ2v) is 5.05. The molecule has 0 saturated heterocycles. The van der Waals surface area contributed by atoms with Gasteiger partial charge in [0, 0.05) is 28.0 Å². The van der Waals surface area contributed by atoms with Gasteiger partial charge in [-0.3, -0.25) is 0 Å². The molecule has 0 bridgehead atoms. The van der Waals surface area contributed by atoms with Crippen LogP contribution in [0.1, 0.15) is 11.3 Å². The van der Waals surface area contributed by atoms with Crippen molar-refractivity contribution in [2.24, 2.45) is 4.99 Å². The van der Waals surface area contributed by atoms with Crippen molar-refractivity contribution in [2.45, 2.75) is 0 Å². The Morgan fingerprint density at radius 1 is 1.39 bits per heavy atom. The van der Waals surface area contributed by atoms with E-state index in [0.29, 0.717) is 16.3 Å². The number of hydrogen-bond acceptors (Lipinski definition) is 4. The molecule has 7 heteroatoms. The highest BCUT2D eigenvalue weighted by atomic mass is 79.9. The monoisotopic (exact) mass is 322 g/mol. The first-order chi connectivity index (χ1) is 8.63. The fourth-order valence-corrected chi connectivity index (χ4v) is 2.25. The first kappa shape index (κ1) is 11.4. The van der Waals surface area contributed by atoms with Gasteiger partial charge in [0.2, 0.25) is 5.88 Å². The third-order valence-electron chi connectivity index (χ3n) is 2.51. The minimum absolute atomic E-state index is 0.0114. The van der Waals surface area contributed by atoms with Crippen LogP contribution in [0.2, 0.25) is 0 Å². The van der Waals surface area contributed by atoms with E-state index in [4.69, 9.17) is 12.2 Å². The van der Waals surface area contributed by atoms with Gasteiger partial charge in [0.05, 0.1) is 0 Å². The van der Waals surface area contributed by atoms with Crippen molar-refractivity contribution in [1.82, 2.24) is 15.0 Å². The molecule has 3 heterocycles. The topological polar surface area (TPSA) is 77.1 Å². The number of aromatic nitrogens is 3. The molecule has 0 atom stereocenters. The lowest BCUT2D eigenvalue weighted by Gasteiger charge is -1.99. The number of H-pyrrole nitrogens is 2. The Kier molecular flexibility index (Phi) is 2.64. The lowest BCUT2D eigenvalue weighted by molar-refractivity contribution is 0.455. The van der Waals surface area contributed by atoms with Gasteiger partial charge in [-0.05, 0) is 40.3 Å². The van der Waals surface area contributed by atoms with Crippen molar-refractivity contribution < 1.29 is 5.11 Å². The Morgan fingerprint density at radius 2 is 2.22 bits per heavy atom. The zero-order chi connectivity index (χ0) is 12.7. The maximum Gasteiger partial charge on any atom is 0.215 e. The number of fused-ring (bicyclic) bond motifs is 1. The van der Waals surface area contributed by atoms with Crippen LogP contribution in [0.25, 0.3) is 11.6 Å². The average Bonchev–Trinajstić information content (AvgIpc) is 2.84. The third kappa shape index (κ3) is 1.91. The summed E-state index contributed by atoms with van der Waals surface area (Å²) in [5.74, 6) is 0.676. The predicted octanol–water partition coefficient (Wildman–Crippen LogP) is 3.19. The number of nitrogens with zero attached hydrogens (tertiary/aromatic N) is 2. The number of halogens is 1. The van der Waals surface area contributed by atoms with E-state index in [1.807, 2.05) is 6.07 Å². The first-order valence-corrected chi connectivity index (χ1v) is 6.26. The molecule has 90 valence electrons. The van der Waals surface area contributed by atoms with Gasteiger partial charge in [0.1, 0.15) is 5.69 Å². The van der Waals surface area contributed by atoms with Crippen LogP contribution in [0.15, 0.2) is 21.7 Å². The number of hydrogen-bond donors (Lipinski definition) is 3. The summed E-state index contributed by atoms with van der Waals surface area (Å²) < 4.78 is 1.26. The molecule has 0 aliphatic carbocycles. The molecule has 2 aromatic rings. The fraction of sp³-hybridized carbons (Fsp3) is 0. The lowest BCUT2D eigenvalue weighted by atomic mass is 10.1. The second-order valence-electron chi connectivity index (χ2n) is 3.72. The van der Waals surface area contributed by atoms with Crippen molar-refractivity contribution in [3.05, 3.63) is 32.8 Å². The molecule has 0 unspecified atom stereocenters. The highest BCUT2D eigenvalue weighted by Gasteiger charge is 2.14. The molecular formula is C11H7BrN4OS. The van der Waals surface area contributed by atoms with Crippen LogP contribution < -0.4 is 0 Å². The quantitative estimate of drug-likeness (QED) is 0.705. The van der Waals surface area contributed by atoms with Crippen LogP contribution in [-0.4, -0.2) is 26.3 Å². The van der Waals surface area contributed by atoms with Gasteiger partial charge in [0.15, 0.2) is 10.6 Å². The van der Waals surface area contributed by atoms with E-state index in [0.717, 1.165) is 15.6 Å². The van der Waals surface area contributed by atoms with Gasteiger partial charge in [-0.1, -0.05) is 0 Å². The van der Waals surface area contributed by atoms with Gasteiger partial charge in [0.25, 0.3) is 0 Å². The third-order valence-corrected chi connectivity index (χ3v) is 3.14. The summed E-state index contributed by atoms with van der Waals surface area (Å²) in [6.07, 6.45) is 5.17. The molecule has 2 aromatic heterocycles. The van der Waals surface area contributed by atoms with E-state index in [1.165, 1.54) is 0 Å². The molecule has 0 aromatic carbocycles. The molecule has 0 radical (unpaired) electrons. The summed E-state index contributed by atoms with van der Waals surface area (Å²) in [6, 6.07) is 1.93. The molecular weight excluding hydrogens is 316 g/mol. The van der Waals surface area contributed by atoms with Crippen molar-refractivity contribution in [3.63, 3.8) is 0 Å². The Morgan fingerprint density at radius 3 is 2.94 bits per heavy atom. The minimum atomic E-state index is 0.0114. The first-order valence-electron chi connectivity index (χ1n) is 5.06. The Bertz CT molecular complexity index is 744. The van der Waals surface area contributed by atoms with Crippen LogP contribution in [0.3, 0.4) is 0 Å². The Hall–Kier alpha value is -1.73. The van der Waals surface area contributed by atoms with Gasteiger partial charge < -0.3 is 15.1 Å². The zero-order valence-corrected chi connectivity index (χ0v) is 11.3. The van der Waals surface area contributed by atoms with Gasteiger partial charge >= 0.3 is 0 Å². The fourth-order valence-electron chi connectivity index (χ4n) is 1.71. The molecule has 3 N–H and O–H groups in total. The summed E-state index contributed by atoms with van der Waals surface area (Å²) in [4.78, 5) is 13.9. The molecule has 18 heavy (non-hydrogen) atoms. The Labute approximate surface area is 115 Å². The van der Waals surface area contributed by atoms with E-state index in [1.54, 1.807) is 18.5 Å². The maximum absolute atomic E-state index is 9.63. The minimum Gasteiger partial charge on any atom is -0.493 e. The van der Waals surface area contributed by atoms with Crippen LogP contribution >= 0.6 is 28.1 Å². The molecule has 0 amide bonds. The number of aliphatic imine (C=N–C) groups is 1. The molecule has 3 rings (SSSR count). The van der Waals surface area contributed by atoms with Gasteiger partial charge in [-0.25, -0.2) is 9.98 Å². The van der Waals surface area contributed by atoms with Crippen LogP contribution in [-0.2, 0) is 0 Å². The number of rotatable bonds is 1. The zero-order valence-electron chi connectivity index (χ0n) is 8.94. The molecule has 5 nitrogen and oxygen atoms in total. The van der Waals surface area contributed by atoms with Crippen LogP contribution in [0.5, 0.6) is 5.88 Å². The largest absolute Gasteiger partial charge is 0.493 e. The average molecular weight is 323 g/mol. The van der Waals surface area contributed by atoms with Crippen molar-refractivity contribution in [3.8, 4) is 5.88 Å². The van der Waals surface area contributed by atoms with Gasteiger partial charge in [-0.2, -0.15) is 0 Å². The SMILES string of the molecule is Oc1[nH]c(=S)[nH]c1/C=C1\C=Nc2ncc(Br)cc21. The smallest absolute Gasteiger partial charge is 0.215 e. The number of imidazole rings is 1. The molecule has 0 fully saturated rings. The van der Waals surface area contributed by atoms with Crippen molar-refractivity contribution in [2.75, 3.05) is 0 Å². The summed E-state index contributed by atoms with van der Waals surface area (Å²) in [5.41, 5.74) is 2.29. The van der Waals surface area contributed by atoms with Crippen molar-refractivity contribution >= 4 is 51.8 Å². The van der Waals surface area contributed by atoms with E-state index in [-0.39, 0.29) is 5.88 Å². The number of pyridine rings is 1. The summed E-state index contributed by atoms with van der Waals surface area (Å²) in [5, 5.41) is 9.63. The highest BCUT2D eigenvalue weighted by molar-refractivity contribution is 9.10. The molecule has 1 aliphatic rings. The summed E-state index contributed by atoms with van der Waals surface area (Å²) in [7, 11) is 0. The second kappa shape index (κ2) is 4.18. The van der Waals surface area contributed by atoms with E-state index >= 15 is 0 Å². The Balaban J connectivity index is 2.11. The summed E-state index contributed by atoms with van der Waals surface area (Å²) in [6.45, 7) is 0. The lowest BCUT2D eigenvalue weighted by Crippen LogP contribution is -1.83. The van der Waals surface area contributed by atoms with Gasteiger partial charge in [-0.15, -0.1) is 0 Å². The van der Waals surface area contributed by atoms with E-state index < -0.39 is 0 Å². The predicted molar refractivity (Wildman–Crippen MR) is 75.6 cm³/mol. The normalized spacial score (nSPS) is 15.3. The highest BCUT2D eigenvalue weighted by Crippen LogP contribution is 2.33. The number of aromatic amines is 2. The number of nitrogens with one attached hydrogen (secondary N) is 2. The molecule has 1 aliphatic heterocycles. The van der Waals surface area contributed by atoms with E-state index in [9.17, 15) is 5.11 Å². The maximum atomic E-state index is 9.63. The number of allylic oxidation sites excluding steroid dienone is 1.